The Morgan fingerprint density at radius 2 is 1.82 bits per heavy atom. The summed E-state index contributed by atoms with van der Waals surface area (Å²) in [6.07, 6.45) is 4.65. The van der Waals surface area contributed by atoms with E-state index in [0.29, 0.717) is 31.6 Å². The zero-order valence-corrected chi connectivity index (χ0v) is 25.7. The number of aliphatic carboxylic acids is 1. The largest absolute Gasteiger partial charge is 0.481 e. The number of fused-ring (bicyclic) bond motifs is 3. The summed E-state index contributed by atoms with van der Waals surface area (Å²) in [5, 5.41) is 17.9. The third kappa shape index (κ3) is 6.58. The molecule has 0 spiro atoms. The summed E-state index contributed by atoms with van der Waals surface area (Å²) in [4.78, 5) is 56.5. The van der Waals surface area contributed by atoms with Crippen LogP contribution in [0, 0.1) is 25.7 Å². The number of thiophene rings is 1. The molecule has 11 nitrogen and oxygen atoms in total. The van der Waals surface area contributed by atoms with Gasteiger partial charge < -0.3 is 10.4 Å². The Labute approximate surface area is 259 Å². The number of carboxylic acids is 1. The number of carbonyl (C=O) groups is 4. The minimum absolute atomic E-state index is 0.0983. The fraction of sp³-hybridized carbons (Fsp3) is 0.375. The second-order valence-electron chi connectivity index (χ2n) is 10.8. The van der Waals surface area contributed by atoms with Gasteiger partial charge in [-0.15, -0.1) is 11.3 Å². The topological polar surface area (TPSA) is 144 Å². The van der Waals surface area contributed by atoms with Crippen molar-refractivity contribution in [2.24, 2.45) is 10.1 Å². The van der Waals surface area contributed by atoms with Gasteiger partial charge in [0.05, 0.1) is 18.7 Å². The molecule has 3 aliphatic rings. The number of anilines is 1. The van der Waals surface area contributed by atoms with Crippen LogP contribution in [0.5, 0.6) is 0 Å². The molecule has 3 amide bonds. The summed E-state index contributed by atoms with van der Waals surface area (Å²) in [7, 11) is 0. The van der Waals surface area contributed by atoms with Crippen LogP contribution in [0.15, 0.2) is 46.5 Å². The average molecular weight is 615 g/mol. The van der Waals surface area contributed by atoms with E-state index in [2.05, 4.69) is 46.4 Å². The van der Waals surface area contributed by atoms with Crippen LogP contribution in [0.25, 0.3) is 0 Å². The fourth-order valence-electron chi connectivity index (χ4n) is 5.31. The second kappa shape index (κ2) is 13.3. The van der Waals surface area contributed by atoms with Crippen molar-refractivity contribution in [3.63, 3.8) is 0 Å². The molecular formula is C32H34N6O5S. The molecule has 3 N–H and O–H groups in total. The lowest BCUT2D eigenvalue weighted by atomic mass is 9.98. The Hall–Kier alpha value is -4.76. The predicted octanol–water partition coefficient (Wildman–Crippen LogP) is 3.08. The summed E-state index contributed by atoms with van der Waals surface area (Å²) in [6.45, 7) is 6.71. The number of aryl methyl sites for hydroxylation is 1. The van der Waals surface area contributed by atoms with Crippen LogP contribution in [0.2, 0.25) is 0 Å². The minimum Gasteiger partial charge on any atom is -0.481 e. The van der Waals surface area contributed by atoms with E-state index in [4.69, 9.17) is 4.99 Å². The van der Waals surface area contributed by atoms with E-state index in [1.807, 2.05) is 31.2 Å². The number of amides is 3. The van der Waals surface area contributed by atoms with Gasteiger partial charge in [-0.2, -0.15) is 5.10 Å². The Morgan fingerprint density at radius 1 is 1.09 bits per heavy atom. The highest BCUT2D eigenvalue weighted by atomic mass is 32.1. The van der Waals surface area contributed by atoms with Crippen molar-refractivity contribution >= 4 is 51.6 Å². The minimum atomic E-state index is -0.943. The Kier molecular flexibility index (Phi) is 9.25. The quantitative estimate of drug-likeness (QED) is 0.212. The SMILES string of the molecule is Cc1sc2c(c1C)C(c1ccc(C#CCNC(=O)CCCCCN3C(=O)C=CC3=O)cc1)=N[C@@H](CC(=O)O)C1=NNC(C)N12. The maximum absolute atomic E-state index is 12.2. The Morgan fingerprint density at radius 3 is 2.52 bits per heavy atom. The first-order valence-electron chi connectivity index (χ1n) is 14.6. The van der Waals surface area contributed by atoms with E-state index in [0.717, 1.165) is 44.3 Å². The van der Waals surface area contributed by atoms with Crippen molar-refractivity contribution in [1.29, 1.82) is 0 Å². The molecular weight excluding hydrogens is 580 g/mol. The average Bonchev–Trinajstić information content (AvgIpc) is 3.60. The number of rotatable bonds is 10. The van der Waals surface area contributed by atoms with Crippen molar-refractivity contribution in [1.82, 2.24) is 15.6 Å². The van der Waals surface area contributed by atoms with E-state index in [-0.39, 0.29) is 36.9 Å². The number of imide groups is 1. The number of carboxylic acid groups (broad SMARTS) is 1. The molecule has 12 heteroatoms. The zero-order chi connectivity index (χ0) is 31.4. The monoisotopic (exact) mass is 614 g/mol. The van der Waals surface area contributed by atoms with Crippen LogP contribution < -0.4 is 15.6 Å². The molecule has 4 heterocycles. The third-order valence-corrected chi connectivity index (χ3v) is 8.93. The molecule has 0 fully saturated rings. The molecule has 3 aliphatic heterocycles. The van der Waals surface area contributed by atoms with E-state index in [1.54, 1.807) is 11.3 Å². The summed E-state index contributed by atoms with van der Waals surface area (Å²) in [5.74, 6) is 5.06. The number of amidine groups is 1. The highest BCUT2D eigenvalue weighted by Crippen LogP contribution is 2.41. The van der Waals surface area contributed by atoms with Crippen molar-refractivity contribution in [3.8, 4) is 11.8 Å². The number of aliphatic imine (C=N–C) groups is 1. The molecule has 228 valence electrons. The number of benzene rings is 1. The van der Waals surface area contributed by atoms with E-state index < -0.39 is 12.0 Å². The lowest BCUT2D eigenvalue weighted by Crippen LogP contribution is -2.41. The van der Waals surface area contributed by atoms with Crippen LogP contribution in [0.3, 0.4) is 0 Å². The number of hydrogen-bond acceptors (Lipinski definition) is 9. The smallest absolute Gasteiger partial charge is 0.306 e. The third-order valence-electron chi connectivity index (χ3n) is 7.72. The summed E-state index contributed by atoms with van der Waals surface area (Å²) in [6, 6.07) is 7.03. The highest BCUT2D eigenvalue weighted by molar-refractivity contribution is 7.17. The van der Waals surface area contributed by atoms with Gasteiger partial charge in [0.1, 0.15) is 17.2 Å². The highest BCUT2D eigenvalue weighted by Gasteiger charge is 2.39. The van der Waals surface area contributed by atoms with E-state index >= 15 is 0 Å². The van der Waals surface area contributed by atoms with Crippen molar-refractivity contribution < 1.29 is 24.3 Å². The van der Waals surface area contributed by atoms with Crippen LogP contribution in [0.1, 0.15) is 66.2 Å². The number of nitrogens with zero attached hydrogens (tertiary/aromatic N) is 4. The molecule has 0 saturated heterocycles. The molecule has 1 aromatic heterocycles. The number of hydrazone groups is 1. The standard InChI is InChI=1S/C32H34N6O5S/c1-19-20(2)44-32-29(19)30(34-24(18-28(42)43)31-36-35-21(3)38(31)32)23-12-10-22(11-13-23)8-7-16-33-25(39)9-5-4-6-17-37-26(40)14-15-27(37)41/h10-15,21,24,35H,4-6,9,16-18H2,1-3H3,(H,33,39)(H,42,43)/t21?,24-/m0/s1. The number of nitrogens with one attached hydrogen (secondary N) is 2. The summed E-state index contributed by atoms with van der Waals surface area (Å²) < 4.78 is 0. The number of unbranched alkanes of at least 4 members (excludes halogenated alkanes) is 2. The molecule has 1 unspecified atom stereocenters. The Bertz CT molecular complexity index is 1630. The molecule has 0 bridgehead atoms. The maximum atomic E-state index is 12.2. The number of carbonyl (C=O) groups excluding carboxylic acids is 3. The van der Waals surface area contributed by atoms with Gasteiger partial charge in [0.2, 0.25) is 5.91 Å². The molecule has 5 rings (SSSR count). The zero-order valence-electron chi connectivity index (χ0n) is 24.8. The molecule has 0 radical (unpaired) electrons. The molecule has 0 aliphatic carbocycles. The van der Waals surface area contributed by atoms with Gasteiger partial charge in [-0.3, -0.25) is 39.4 Å². The lowest BCUT2D eigenvalue weighted by molar-refractivity contribution is -0.138. The molecule has 2 atom stereocenters. The van der Waals surface area contributed by atoms with Gasteiger partial charge in [0.25, 0.3) is 11.8 Å². The van der Waals surface area contributed by atoms with Crippen LogP contribution in [-0.2, 0) is 19.2 Å². The van der Waals surface area contributed by atoms with E-state index in [9.17, 15) is 24.3 Å². The molecule has 44 heavy (non-hydrogen) atoms. The van der Waals surface area contributed by atoms with Crippen LogP contribution in [0.4, 0.5) is 5.00 Å². The van der Waals surface area contributed by atoms with Gasteiger partial charge in [-0.1, -0.05) is 30.4 Å². The lowest BCUT2D eigenvalue weighted by Gasteiger charge is -2.24. The van der Waals surface area contributed by atoms with Gasteiger partial charge in [0, 0.05) is 46.7 Å². The van der Waals surface area contributed by atoms with Crippen molar-refractivity contribution in [2.75, 3.05) is 18.0 Å². The molecule has 0 saturated carbocycles. The normalized spacial score (nSPS) is 18.5. The summed E-state index contributed by atoms with van der Waals surface area (Å²) >= 11 is 1.65. The first-order valence-corrected chi connectivity index (χ1v) is 15.4. The van der Waals surface area contributed by atoms with Crippen molar-refractivity contribution in [3.05, 3.63) is 63.5 Å². The second-order valence-corrected chi connectivity index (χ2v) is 12.0. The van der Waals surface area contributed by atoms with Crippen LogP contribution >= 0.6 is 11.3 Å². The van der Waals surface area contributed by atoms with Crippen molar-refractivity contribution in [2.45, 2.75) is 65.1 Å². The summed E-state index contributed by atoms with van der Waals surface area (Å²) in [5.41, 5.74) is 7.54. The Balaban J connectivity index is 1.20. The predicted molar refractivity (Wildman–Crippen MR) is 169 cm³/mol. The molecule has 2 aromatic rings. The van der Waals surface area contributed by atoms with Crippen LogP contribution in [-0.4, -0.2) is 70.5 Å². The van der Waals surface area contributed by atoms with Gasteiger partial charge in [0.15, 0.2) is 5.84 Å². The van der Waals surface area contributed by atoms with Gasteiger partial charge in [-0.25, -0.2) is 0 Å². The maximum Gasteiger partial charge on any atom is 0.306 e. The van der Waals surface area contributed by atoms with Gasteiger partial charge in [-0.05, 0) is 51.3 Å². The molecule has 1 aromatic carbocycles. The van der Waals surface area contributed by atoms with Gasteiger partial charge >= 0.3 is 5.97 Å². The first kappa shape index (κ1) is 30.7. The first-order chi connectivity index (χ1) is 21.1. The fourth-order valence-corrected chi connectivity index (χ4v) is 6.56. The number of hydrogen-bond donors (Lipinski definition) is 3. The van der Waals surface area contributed by atoms with E-state index in [1.165, 1.54) is 17.1 Å².